The van der Waals surface area contributed by atoms with Crippen molar-refractivity contribution in [3.63, 3.8) is 0 Å². The van der Waals surface area contributed by atoms with Crippen LogP contribution >= 0.6 is 11.3 Å². The van der Waals surface area contributed by atoms with Gasteiger partial charge in [-0.15, -0.1) is 0 Å². The van der Waals surface area contributed by atoms with Crippen LogP contribution in [0.1, 0.15) is 89.2 Å². The molecule has 0 aliphatic heterocycles. The second kappa shape index (κ2) is 17.0. The van der Waals surface area contributed by atoms with Gasteiger partial charge in [0, 0.05) is 24.7 Å². The minimum absolute atomic E-state index is 0.0661. The summed E-state index contributed by atoms with van der Waals surface area (Å²) in [5, 5.41) is 2.07. The molecule has 200 valence electrons. The van der Waals surface area contributed by atoms with Gasteiger partial charge >= 0.3 is 0 Å². The fraction of sp³-hybridized carbons (Fsp3) is 0.500. The number of nitrogens with zero attached hydrogens (tertiary/aromatic N) is 2. The number of thiazole rings is 1. The molecule has 0 unspecified atom stereocenters. The van der Waals surface area contributed by atoms with Crippen molar-refractivity contribution in [3.05, 3.63) is 76.7 Å². The number of rotatable bonds is 18. The van der Waals surface area contributed by atoms with E-state index < -0.39 is 0 Å². The van der Waals surface area contributed by atoms with Gasteiger partial charge in [0.2, 0.25) is 11.4 Å². The summed E-state index contributed by atoms with van der Waals surface area (Å²) in [5.74, 6) is 0.999. The molecule has 0 fully saturated rings. The van der Waals surface area contributed by atoms with E-state index in [0.717, 1.165) is 37.4 Å². The van der Waals surface area contributed by atoms with Gasteiger partial charge in [-0.3, -0.25) is 4.79 Å². The summed E-state index contributed by atoms with van der Waals surface area (Å²) in [6.45, 7) is 6.20. The lowest BCUT2D eigenvalue weighted by Crippen LogP contribution is -2.31. The molecular formula is C32H45N2O2S+. The number of hydrogen-bond donors (Lipinski definition) is 0. The van der Waals surface area contributed by atoms with E-state index in [0.29, 0.717) is 6.54 Å². The number of ether oxygens (including phenoxy) is 1. The van der Waals surface area contributed by atoms with Crippen molar-refractivity contribution < 1.29 is 14.1 Å². The van der Waals surface area contributed by atoms with E-state index in [-0.39, 0.29) is 5.91 Å². The Morgan fingerprint density at radius 2 is 1.46 bits per heavy atom. The van der Waals surface area contributed by atoms with E-state index in [4.69, 9.17) is 4.74 Å². The highest BCUT2D eigenvalue weighted by Gasteiger charge is 2.12. The third kappa shape index (κ3) is 11.1. The highest BCUT2D eigenvalue weighted by molar-refractivity contribution is 7.07. The average molecular weight is 522 g/mol. The monoisotopic (exact) mass is 521 g/mol. The van der Waals surface area contributed by atoms with Gasteiger partial charge < -0.3 is 9.64 Å². The van der Waals surface area contributed by atoms with Crippen LogP contribution in [0, 0.1) is 0 Å². The summed E-state index contributed by atoms with van der Waals surface area (Å²) >= 11 is 1.69. The molecule has 5 heteroatoms. The number of carbonyl (C=O) groups excluding carboxylic acids is 1. The molecule has 0 saturated carbocycles. The van der Waals surface area contributed by atoms with E-state index >= 15 is 0 Å². The van der Waals surface area contributed by atoms with Crippen LogP contribution in [0.2, 0.25) is 0 Å². The van der Waals surface area contributed by atoms with E-state index in [1.165, 1.54) is 68.9 Å². The topological polar surface area (TPSA) is 33.4 Å². The highest BCUT2D eigenvalue weighted by atomic mass is 32.1. The molecular weight excluding hydrogens is 476 g/mol. The number of hydrogen-bond acceptors (Lipinski definition) is 3. The van der Waals surface area contributed by atoms with Gasteiger partial charge in [-0.05, 0) is 42.7 Å². The number of anilines is 1. The molecule has 0 spiro atoms. The lowest BCUT2D eigenvalue weighted by atomic mass is 10.1. The molecule has 1 heterocycles. The number of amides is 1. The number of carbonyl (C=O) groups is 1. The van der Waals surface area contributed by atoms with Crippen molar-refractivity contribution >= 4 is 22.9 Å². The Bertz CT molecular complexity index is 1000. The summed E-state index contributed by atoms with van der Waals surface area (Å²) in [6, 6.07) is 16.7. The summed E-state index contributed by atoms with van der Waals surface area (Å²) in [5.41, 5.74) is 5.49. The fourth-order valence-electron chi connectivity index (χ4n) is 4.58. The minimum atomic E-state index is 0.0661. The lowest BCUT2D eigenvalue weighted by molar-refractivity contribution is -0.683. The molecule has 0 aliphatic carbocycles. The molecule has 37 heavy (non-hydrogen) atoms. The van der Waals surface area contributed by atoms with Crippen molar-refractivity contribution in [2.75, 3.05) is 18.1 Å². The van der Waals surface area contributed by atoms with Crippen molar-refractivity contribution in [3.8, 4) is 5.75 Å². The third-order valence-corrected chi connectivity index (χ3v) is 7.51. The maximum atomic E-state index is 12.3. The van der Waals surface area contributed by atoms with Gasteiger partial charge in [-0.25, -0.2) is 0 Å². The van der Waals surface area contributed by atoms with Crippen LogP contribution in [0.25, 0.3) is 0 Å². The SMILES string of the molecule is CCCCCCCCCCCCOc1ccc(CCN(C(C)=O)c2ccc(C[n+]3ccsc3)cc2)cc1. The number of unbranched alkanes of at least 4 members (excludes halogenated alkanes) is 9. The predicted molar refractivity (Wildman–Crippen MR) is 156 cm³/mol. The first-order valence-corrected chi connectivity index (χ1v) is 15.1. The third-order valence-electron chi connectivity index (χ3n) is 6.83. The van der Waals surface area contributed by atoms with Crippen molar-refractivity contribution in [2.45, 2.75) is 91.0 Å². The molecule has 0 atom stereocenters. The minimum Gasteiger partial charge on any atom is -0.494 e. The maximum absolute atomic E-state index is 12.3. The Hall–Kier alpha value is -2.66. The standard InChI is InChI=1S/C32H45N2O2S/c1-3-4-5-6-7-8-9-10-11-12-24-36-32-19-15-29(16-20-32)21-22-34(28(2)35)31-17-13-30(14-18-31)26-33-23-25-37-27-33/h13-20,23,25,27H,3-12,21-22,24,26H2,1-2H3/q+1. The van der Waals surface area contributed by atoms with E-state index in [1.807, 2.05) is 17.0 Å². The summed E-state index contributed by atoms with van der Waals surface area (Å²) in [7, 11) is 0. The molecule has 1 aromatic heterocycles. The van der Waals surface area contributed by atoms with Crippen molar-refractivity contribution in [1.82, 2.24) is 0 Å². The Morgan fingerprint density at radius 3 is 2.05 bits per heavy atom. The zero-order valence-corrected chi connectivity index (χ0v) is 23.7. The van der Waals surface area contributed by atoms with E-state index in [9.17, 15) is 4.79 Å². The van der Waals surface area contributed by atoms with Crippen molar-refractivity contribution in [2.24, 2.45) is 0 Å². The van der Waals surface area contributed by atoms with Crippen LogP contribution in [-0.4, -0.2) is 19.1 Å². The van der Waals surface area contributed by atoms with Crippen LogP contribution in [-0.2, 0) is 17.8 Å². The second-order valence-corrected chi connectivity index (χ2v) is 10.7. The molecule has 0 radical (unpaired) electrons. The molecule has 4 nitrogen and oxygen atoms in total. The quantitative estimate of drug-likeness (QED) is 0.126. The first-order chi connectivity index (χ1) is 18.2. The van der Waals surface area contributed by atoms with Crippen LogP contribution < -0.4 is 14.2 Å². The Labute approximate surface area is 228 Å². The van der Waals surface area contributed by atoms with Gasteiger partial charge in [0.15, 0.2) is 12.7 Å². The van der Waals surface area contributed by atoms with Gasteiger partial charge in [0.25, 0.3) is 0 Å². The van der Waals surface area contributed by atoms with Crippen LogP contribution in [0.3, 0.4) is 0 Å². The summed E-state index contributed by atoms with van der Waals surface area (Å²) < 4.78 is 8.11. The van der Waals surface area contributed by atoms with E-state index in [1.54, 1.807) is 18.3 Å². The Morgan fingerprint density at radius 1 is 0.838 bits per heavy atom. The molecule has 0 aliphatic rings. The average Bonchev–Trinajstić information content (AvgIpc) is 3.42. The van der Waals surface area contributed by atoms with Gasteiger partial charge in [-0.2, -0.15) is 4.57 Å². The molecule has 0 bridgehead atoms. The normalized spacial score (nSPS) is 11.0. The zero-order chi connectivity index (χ0) is 26.1. The molecule has 1 amide bonds. The largest absolute Gasteiger partial charge is 0.494 e. The van der Waals surface area contributed by atoms with Gasteiger partial charge in [0.1, 0.15) is 5.75 Å². The second-order valence-electron chi connectivity index (χ2n) is 9.96. The van der Waals surface area contributed by atoms with Crippen LogP contribution in [0.15, 0.2) is 65.6 Å². The summed E-state index contributed by atoms with van der Waals surface area (Å²) in [4.78, 5) is 14.2. The van der Waals surface area contributed by atoms with Gasteiger partial charge in [0.05, 0.1) is 12.0 Å². The van der Waals surface area contributed by atoms with Crippen molar-refractivity contribution in [1.29, 1.82) is 0 Å². The molecule has 3 aromatic rings. The molecule has 2 aromatic carbocycles. The molecule has 0 saturated heterocycles. The molecule has 0 N–H and O–H groups in total. The zero-order valence-electron chi connectivity index (χ0n) is 22.9. The highest BCUT2D eigenvalue weighted by Crippen LogP contribution is 2.19. The van der Waals surface area contributed by atoms with Crippen LogP contribution in [0.5, 0.6) is 5.75 Å². The first-order valence-electron chi connectivity index (χ1n) is 14.2. The fourth-order valence-corrected chi connectivity index (χ4v) is 5.18. The van der Waals surface area contributed by atoms with E-state index in [2.05, 4.69) is 65.0 Å². The smallest absolute Gasteiger partial charge is 0.224 e. The Kier molecular flexibility index (Phi) is 13.3. The predicted octanol–water partition coefficient (Wildman–Crippen LogP) is 7.98. The number of aromatic nitrogens is 1. The summed E-state index contributed by atoms with van der Waals surface area (Å²) in [6.07, 6.45) is 16.2. The number of benzene rings is 2. The maximum Gasteiger partial charge on any atom is 0.224 e. The Balaban J connectivity index is 1.33. The first kappa shape index (κ1) is 28.9. The molecule has 3 rings (SSSR count). The van der Waals surface area contributed by atoms with Crippen LogP contribution in [0.4, 0.5) is 5.69 Å². The lowest BCUT2D eigenvalue weighted by Gasteiger charge is -2.21. The van der Waals surface area contributed by atoms with Gasteiger partial charge in [-0.1, -0.05) is 100 Å².